The van der Waals surface area contributed by atoms with Crippen LogP contribution in [0.15, 0.2) is 12.3 Å². The summed E-state index contributed by atoms with van der Waals surface area (Å²) in [6.45, 7) is 3.40. The molecule has 12 heteroatoms. The molecule has 1 aliphatic heterocycles. The first-order chi connectivity index (χ1) is 13.7. The average molecular weight is 446 g/mol. The highest BCUT2D eigenvalue weighted by atomic mass is 35.5. The van der Waals surface area contributed by atoms with Crippen LogP contribution in [0.25, 0.3) is 11.0 Å². The Morgan fingerprint density at radius 2 is 1.76 bits per heavy atom. The number of carbonyl (C=O) groups excluding carboxylic acids is 3. The summed E-state index contributed by atoms with van der Waals surface area (Å²) in [5.41, 5.74) is 0.277. The predicted octanol–water partition coefficient (Wildman–Crippen LogP) is 2.06. The molecule has 156 valence electrons. The lowest BCUT2D eigenvalue weighted by atomic mass is 10.1. The molecule has 3 heterocycles. The number of carbonyl (C=O) groups is 3. The van der Waals surface area contributed by atoms with E-state index < -0.39 is 42.4 Å². The summed E-state index contributed by atoms with van der Waals surface area (Å²) in [5.74, 6) is -1.81. The van der Waals surface area contributed by atoms with Crippen molar-refractivity contribution in [2.45, 2.75) is 45.3 Å². The molecule has 0 N–H and O–H groups in total. The van der Waals surface area contributed by atoms with E-state index in [2.05, 4.69) is 10.1 Å². The summed E-state index contributed by atoms with van der Waals surface area (Å²) in [4.78, 5) is 38.7. The highest BCUT2D eigenvalue weighted by Gasteiger charge is 2.51. The number of fused-ring (bicyclic) bond motifs is 1. The van der Waals surface area contributed by atoms with E-state index in [0.29, 0.717) is 10.4 Å². The van der Waals surface area contributed by atoms with Crippen molar-refractivity contribution >= 4 is 52.1 Å². The molecule has 2 aromatic heterocycles. The van der Waals surface area contributed by atoms with E-state index in [4.69, 9.17) is 42.1 Å². The fourth-order valence-corrected chi connectivity index (χ4v) is 3.51. The van der Waals surface area contributed by atoms with E-state index in [9.17, 15) is 14.4 Å². The number of ether oxygens (including phenoxy) is 4. The van der Waals surface area contributed by atoms with Crippen LogP contribution in [0.4, 0.5) is 0 Å². The van der Waals surface area contributed by atoms with E-state index in [0.717, 1.165) is 0 Å². The van der Waals surface area contributed by atoms with Crippen LogP contribution in [-0.2, 0) is 33.3 Å². The predicted molar refractivity (Wildman–Crippen MR) is 99.2 cm³/mol. The fraction of sp³-hybridized carbons (Fsp3) is 0.471. The zero-order valence-corrected chi connectivity index (χ0v) is 17.1. The highest BCUT2D eigenvalue weighted by molar-refractivity contribution is 6.37. The van der Waals surface area contributed by atoms with Gasteiger partial charge in [0.1, 0.15) is 17.9 Å². The SMILES string of the molecule is CC(=O)OCC1OC(n2ncc3c(Cl)cc(Cl)nc32)C(OC(C)=O)C1OC(C)=O. The molecule has 2 aromatic rings. The first kappa shape index (κ1) is 21.3. The summed E-state index contributed by atoms with van der Waals surface area (Å²) in [7, 11) is 0. The van der Waals surface area contributed by atoms with E-state index in [1.54, 1.807) is 0 Å². The van der Waals surface area contributed by atoms with Gasteiger partial charge in [-0.05, 0) is 6.07 Å². The van der Waals surface area contributed by atoms with Gasteiger partial charge in [0.15, 0.2) is 24.1 Å². The van der Waals surface area contributed by atoms with Gasteiger partial charge in [-0.3, -0.25) is 14.4 Å². The first-order valence-corrected chi connectivity index (χ1v) is 9.25. The lowest BCUT2D eigenvalue weighted by Gasteiger charge is -2.23. The molecular weight excluding hydrogens is 429 g/mol. The van der Waals surface area contributed by atoms with Crippen molar-refractivity contribution in [3.05, 3.63) is 22.4 Å². The van der Waals surface area contributed by atoms with Crippen molar-refractivity contribution in [3.63, 3.8) is 0 Å². The Morgan fingerprint density at radius 1 is 1.10 bits per heavy atom. The zero-order chi connectivity index (χ0) is 21.3. The maximum absolute atomic E-state index is 11.7. The molecule has 3 rings (SSSR count). The van der Waals surface area contributed by atoms with Crippen LogP contribution < -0.4 is 0 Å². The zero-order valence-electron chi connectivity index (χ0n) is 15.6. The number of pyridine rings is 1. The van der Waals surface area contributed by atoms with Crippen LogP contribution in [0.1, 0.15) is 27.0 Å². The maximum Gasteiger partial charge on any atom is 0.303 e. The van der Waals surface area contributed by atoms with Crippen LogP contribution in [0, 0.1) is 0 Å². The third-order valence-corrected chi connectivity index (χ3v) is 4.57. The van der Waals surface area contributed by atoms with E-state index in [1.807, 2.05) is 0 Å². The summed E-state index contributed by atoms with van der Waals surface area (Å²) in [6.07, 6.45) is -2.63. The van der Waals surface area contributed by atoms with Crippen molar-refractivity contribution in [2.24, 2.45) is 0 Å². The number of esters is 3. The molecule has 0 bridgehead atoms. The van der Waals surface area contributed by atoms with Gasteiger partial charge in [0.25, 0.3) is 0 Å². The monoisotopic (exact) mass is 445 g/mol. The molecule has 4 atom stereocenters. The van der Waals surface area contributed by atoms with Gasteiger partial charge in [-0.2, -0.15) is 5.10 Å². The second-order valence-corrected chi connectivity index (χ2v) is 7.06. The quantitative estimate of drug-likeness (QED) is 0.386. The number of hydrogen-bond acceptors (Lipinski definition) is 9. The van der Waals surface area contributed by atoms with Crippen LogP contribution >= 0.6 is 23.2 Å². The van der Waals surface area contributed by atoms with E-state index >= 15 is 0 Å². The maximum atomic E-state index is 11.7. The molecule has 0 amide bonds. The Morgan fingerprint density at radius 3 is 2.38 bits per heavy atom. The van der Waals surface area contributed by atoms with Gasteiger partial charge in [0.2, 0.25) is 0 Å². The Bertz CT molecular complexity index is 964. The first-order valence-electron chi connectivity index (χ1n) is 8.50. The summed E-state index contributed by atoms with van der Waals surface area (Å²) in [6, 6.07) is 1.46. The third kappa shape index (κ3) is 4.60. The third-order valence-electron chi connectivity index (χ3n) is 4.07. The lowest BCUT2D eigenvalue weighted by molar-refractivity contribution is -0.166. The van der Waals surface area contributed by atoms with Gasteiger partial charge in [0, 0.05) is 20.8 Å². The van der Waals surface area contributed by atoms with Gasteiger partial charge in [0.05, 0.1) is 16.6 Å². The van der Waals surface area contributed by atoms with Crippen LogP contribution in [0.5, 0.6) is 0 Å². The summed E-state index contributed by atoms with van der Waals surface area (Å²) in [5, 5.41) is 5.17. The molecule has 0 aliphatic carbocycles. The fourth-order valence-electron chi connectivity index (χ4n) is 3.03. The minimum absolute atomic E-state index is 0.124. The summed E-state index contributed by atoms with van der Waals surface area (Å²) < 4.78 is 22.9. The molecule has 4 unspecified atom stereocenters. The van der Waals surface area contributed by atoms with Crippen molar-refractivity contribution in [3.8, 4) is 0 Å². The van der Waals surface area contributed by atoms with Crippen molar-refractivity contribution in [2.75, 3.05) is 6.61 Å². The van der Waals surface area contributed by atoms with Gasteiger partial charge < -0.3 is 18.9 Å². The van der Waals surface area contributed by atoms with Gasteiger partial charge >= 0.3 is 17.9 Å². The molecule has 0 aromatic carbocycles. The van der Waals surface area contributed by atoms with Crippen LogP contribution in [0.2, 0.25) is 10.2 Å². The second kappa shape index (κ2) is 8.52. The molecule has 1 aliphatic rings. The topological polar surface area (TPSA) is 119 Å². The Hall–Kier alpha value is -2.43. The number of hydrogen-bond donors (Lipinski definition) is 0. The largest absolute Gasteiger partial charge is 0.463 e. The molecular formula is C17H17Cl2N3O7. The highest BCUT2D eigenvalue weighted by Crippen LogP contribution is 2.36. The van der Waals surface area contributed by atoms with Gasteiger partial charge in [-0.1, -0.05) is 23.2 Å². The Kier molecular flexibility index (Phi) is 6.25. The smallest absolute Gasteiger partial charge is 0.303 e. The average Bonchev–Trinajstić information content (AvgIpc) is 3.15. The van der Waals surface area contributed by atoms with Crippen molar-refractivity contribution in [1.82, 2.24) is 14.8 Å². The number of halogens is 2. The molecule has 0 saturated carbocycles. The summed E-state index contributed by atoms with van der Waals surface area (Å²) >= 11 is 12.2. The molecule has 0 radical (unpaired) electrons. The van der Waals surface area contributed by atoms with E-state index in [-0.39, 0.29) is 17.4 Å². The Balaban J connectivity index is 2.04. The molecule has 10 nitrogen and oxygen atoms in total. The van der Waals surface area contributed by atoms with Crippen molar-refractivity contribution in [1.29, 1.82) is 0 Å². The minimum Gasteiger partial charge on any atom is -0.463 e. The standard InChI is InChI=1S/C17H17Cl2N3O7/c1-7(23)26-6-12-14(27-8(2)24)15(28-9(3)25)17(29-12)22-16-10(5-20-22)11(18)4-13(19)21-16/h4-5,12,14-15,17H,6H2,1-3H3. The number of aromatic nitrogens is 3. The normalized spacial score (nSPS) is 23.8. The molecule has 1 fully saturated rings. The Labute approximate surface area is 174 Å². The molecule has 29 heavy (non-hydrogen) atoms. The molecule has 1 saturated heterocycles. The number of rotatable bonds is 5. The lowest BCUT2D eigenvalue weighted by Crippen LogP contribution is -2.40. The van der Waals surface area contributed by atoms with Gasteiger partial charge in [-0.25, -0.2) is 9.67 Å². The van der Waals surface area contributed by atoms with Gasteiger partial charge in [-0.15, -0.1) is 0 Å². The second-order valence-electron chi connectivity index (χ2n) is 6.27. The van der Waals surface area contributed by atoms with Crippen molar-refractivity contribution < 1.29 is 33.3 Å². The van der Waals surface area contributed by atoms with Crippen LogP contribution in [0.3, 0.4) is 0 Å². The molecule has 0 spiro atoms. The van der Waals surface area contributed by atoms with Crippen LogP contribution in [-0.4, -0.2) is 57.6 Å². The van der Waals surface area contributed by atoms with E-state index in [1.165, 1.54) is 37.7 Å². The number of nitrogens with zero attached hydrogens (tertiary/aromatic N) is 3. The minimum atomic E-state index is -1.08.